The van der Waals surface area contributed by atoms with Crippen molar-refractivity contribution in [3.8, 4) is 0 Å². The Kier molecular flexibility index (Phi) is 4.49. The van der Waals surface area contributed by atoms with Crippen LogP contribution in [0.25, 0.3) is 0 Å². The molecule has 0 aromatic heterocycles. The molecule has 0 spiro atoms. The molecule has 20 heavy (non-hydrogen) atoms. The van der Waals surface area contributed by atoms with Gasteiger partial charge in [-0.15, -0.1) is 0 Å². The highest BCUT2D eigenvalue weighted by molar-refractivity contribution is 5.25. The van der Waals surface area contributed by atoms with E-state index in [0.717, 1.165) is 6.42 Å². The van der Waals surface area contributed by atoms with Crippen molar-refractivity contribution in [3.05, 3.63) is 103 Å². The molecule has 3 aromatic rings. The number of halogens is 1. The van der Waals surface area contributed by atoms with Gasteiger partial charge in [0.2, 0.25) is 0 Å². The Morgan fingerprint density at radius 1 is 0.500 bits per heavy atom. The lowest BCUT2D eigenvalue weighted by atomic mass is 10.1. The molecule has 1 heteroatoms. The van der Waals surface area contributed by atoms with Crippen LogP contribution in [0.5, 0.6) is 0 Å². The van der Waals surface area contributed by atoms with Gasteiger partial charge in [-0.25, -0.2) is 0 Å². The van der Waals surface area contributed by atoms with Crippen molar-refractivity contribution < 1.29 is 21.2 Å². The minimum Gasteiger partial charge on any atom is -0.0622 e. The van der Waals surface area contributed by atoms with E-state index < -0.39 is 0 Å². The fourth-order valence-electron chi connectivity index (χ4n) is 2.10. The first-order valence-electron chi connectivity index (χ1n) is 6.73. The highest BCUT2D eigenvalue weighted by atomic mass is 127. The standard InChI is InChI=1S/C19H16I/c1-3-7-16(8-4-1)15-17-11-13-19(14-12-17)20-18-9-5-2-6-10-18/h1-14H,15H2/q+1. The average Bonchev–Trinajstić information content (AvgIpc) is 2.51. The van der Waals surface area contributed by atoms with E-state index in [-0.39, 0.29) is 21.2 Å². The number of hydrogen-bond donors (Lipinski definition) is 0. The van der Waals surface area contributed by atoms with Crippen molar-refractivity contribution in [1.29, 1.82) is 0 Å². The highest BCUT2D eigenvalue weighted by Gasteiger charge is 2.14. The largest absolute Gasteiger partial charge is 0.357 e. The van der Waals surface area contributed by atoms with E-state index in [1.807, 2.05) is 0 Å². The van der Waals surface area contributed by atoms with Crippen LogP contribution in [0.2, 0.25) is 0 Å². The third kappa shape index (κ3) is 3.70. The van der Waals surface area contributed by atoms with Gasteiger partial charge in [0.25, 0.3) is 0 Å². The molecule has 0 atom stereocenters. The first-order valence-corrected chi connectivity index (χ1v) is 8.89. The zero-order valence-corrected chi connectivity index (χ0v) is 13.3. The van der Waals surface area contributed by atoms with Gasteiger partial charge < -0.3 is 0 Å². The summed E-state index contributed by atoms with van der Waals surface area (Å²) in [5, 5.41) is 0. The lowest BCUT2D eigenvalue weighted by Gasteiger charge is -2.00. The van der Waals surface area contributed by atoms with E-state index in [1.165, 1.54) is 18.3 Å². The fraction of sp³-hybridized carbons (Fsp3) is 0.0526. The maximum Gasteiger partial charge on any atom is 0.357 e. The van der Waals surface area contributed by atoms with Crippen molar-refractivity contribution in [3.63, 3.8) is 0 Å². The monoisotopic (exact) mass is 371 g/mol. The molecule has 0 saturated carbocycles. The van der Waals surface area contributed by atoms with Crippen molar-refractivity contribution in [2.45, 2.75) is 6.42 Å². The first kappa shape index (κ1) is 13.4. The maximum absolute atomic E-state index is 2.29. The lowest BCUT2D eigenvalue weighted by Crippen LogP contribution is -3.61. The molecule has 0 amide bonds. The molecule has 0 unspecified atom stereocenters. The number of hydrogen-bond acceptors (Lipinski definition) is 0. The molecular formula is C19H16I+. The number of benzene rings is 3. The van der Waals surface area contributed by atoms with Crippen LogP contribution in [-0.2, 0) is 6.42 Å². The molecule has 3 rings (SSSR count). The van der Waals surface area contributed by atoms with Gasteiger partial charge in [-0.05, 0) is 41.8 Å². The van der Waals surface area contributed by atoms with Crippen LogP contribution in [0, 0.1) is 7.14 Å². The van der Waals surface area contributed by atoms with Gasteiger partial charge in [0, 0.05) is 0 Å². The molecule has 0 nitrogen and oxygen atoms in total. The first-order chi connectivity index (χ1) is 9.90. The Morgan fingerprint density at radius 3 is 1.65 bits per heavy atom. The topological polar surface area (TPSA) is 0 Å². The summed E-state index contributed by atoms with van der Waals surface area (Å²) in [5.74, 6) is 0. The van der Waals surface area contributed by atoms with E-state index in [0.29, 0.717) is 0 Å². The summed E-state index contributed by atoms with van der Waals surface area (Å²) in [6.07, 6.45) is 1.02. The van der Waals surface area contributed by atoms with Gasteiger partial charge in [-0.1, -0.05) is 60.7 Å². The molecule has 98 valence electrons. The van der Waals surface area contributed by atoms with Crippen LogP contribution in [0.3, 0.4) is 0 Å². The van der Waals surface area contributed by atoms with Crippen molar-refractivity contribution >= 4 is 0 Å². The minimum absolute atomic E-state index is 0.0446. The van der Waals surface area contributed by atoms with Crippen molar-refractivity contribution in [2.75, 3.05) is 0 Å². The lowest BCUT2D eigenvalue weighted by molar-refractivity contribution is -0.597. The van der Waals surface area contributed by atoms with Crippen LogP contribution in [0.4, 0.5) is 0 Å². The van der Waals surface area contributed by atoms with E-state index in [1.54, 1.807) is 0 Å². The second-order valence-corrected chi connectivity index (χ2v) is 7.71. The third-order valence-corrected chi connectivity index (χ3v) is 5.80. The quantitative estimate of drug-likeness (QED) is 0.609. The molecule has 0 aliphatic heterocycles. The summed E-state index contributed by atoms with van der Waals surface area (Å²) in [7, 11) is 0. The Labute approximate surface area is 130 Å². The average molecular weight is 371 g/mol. The predicted octanol–water partition coefficient (Wildman–Crippen LogP) is 1.41. The second-order valence-electron chi connectivity index (χ2n) is 4.68. The zero-order chi connectivity index (χ0) is 13.6. The molecule has 0 aliphatic rings. The smallest absolute Gasteiger partial charge is 0.0622 e. The summed E-state index contributed by atoms with van der Waals surface area (Å²) in [6, 6.07) is 30.5. The van der Waals surface area contributed by atoms with Gasteiger partial charge in [0.1, 0.15) is 0 Å². The Bertz CT molecular complexity index is 582. The maximum atomic E-state index is 2.29. The summed E-state index contributed by atoms with van der Waals surface area (Å²) >= 11 is -0.0446. The highest BCUT2D eigenvalue weighted by Crippen LogP contribution is 2.08. The zero-order valence-electron chi connectivity index (χ0n) is 11.2. The SMILES string of the molecule is c1ccc(Cc2ccc([I+]c3ccccc3)cc2)cc1. The van der Waals surface area contributed by atoms with Gasteiger partial charge >= 0.3 is 21.2 Å². The molecule has 0 radical (unpaired) electrons. The third-order valence-electron chi connectivity index (χ3n) is 3.12. The van der Waals surface area contributed by atoms with Gasteiger partial charge in [-0.3, -0.25) is 0 Å². The van der Waals surface area contributed by atoms with Crippen molar-refractivity contribution in [1.82, 2.24) is 0 Å². The van der Waals surface area contributed by atoms with E-state index in [2.05, 4.69) is 84.9 Å². The molecule has 0 bridgehead atoms. The Hall–Kier alpha value is -1.61. The van der Waals surface area contributed by atoms with Crippen LogP contribution in [0.1, 0.15) is 11.1 Å². The molecule has 0 fully saturated rings. The summed E-state index contributed by atoms with van der Waals surface area (Å²) in [5.41, 5.74) is 2.76. The Morgan fingerprint density at radius 2 is 1.00 bits per heavy atom. The van der Waals surface area contributed by atoms with Gasteiger partial charge in [0.05, 0.1) is 0 Å². The van der Waals surface area contributed by atoms with Crippen molar-refractivity contribution in [2.24, 2.45) is 0 Å². The molecule has 0 saturated heterocycles. The number of rotatable bonds is 4. The van der Waals surface area contributed by atoms with E-state index in [9.17, 15) is 0 Å². The van der Waals surface area contributed by atoms with E-state index >= 15 is 0 Å². The summed E-state index contributed by atoms with van der Waals surface area (Å²) < 4.78 is 2.95. The van der Waals surface area contributed by atoms with Crippen LogP contribution in [0.15, 0.2) is 84.9 Å². The van der Waals surface area contributed by atoms with Crippen LogP contribution >= 0.6 is 0 Å². The normalized spacial score (nSPS) is 10.4. The van der Waals surface area contributed by atoms with Gasteiger partial charge in [-0.2, -0.15) is 0 Å². The molecule has 0 heterocycles. The molecular weight excluding hydrogens is 355 g/mol. The second kappa shape index (κ2) is 6.71. The van der Waals surface area contributed by atoms with Gasteiger partial charge in [0.15, 0.2) is 7.14 Å². The fourth-order valence-corrected chi connectivity index (χ4v) is 4.31. The molecule has 0 N–H and O–H groups in total. The summed E-state index contributed by atoms with van der Waals surface area (Å²) in [6.45, 7) is 0. The van der Waals surface area contributed by atoms with Crippen LogP contribution in [-0.4, -0.2) is 0 Å². The van der Waals surface area contributed by atoms with Crippen LogP contribution < -0.4 is 21.2 Å². The summed E-state index contributed by atoms with van der Waals surface area (Å²) in [4.78, 5) is 0. The molecule has 0 aliphatic carbocycles. The van der Waals surface area contributed by atoms with E-state index in [4.69, 9.17) is 0 Å². The minimum atomic E-state index is -0.0446. The predicted molar refractivity (Wildman–Crippen MR) is 79.5 cm³/mol. The Balaban J connectivity index is 1.69. The molecule has 3 aromatic carbocycles.